The predicted molar refractivity (Wildman–Crippen MR) is 254 cm³/mol. The molecular weight excluding hydrogens is 795 g/mol. The van der Waals surface area contributed by atoms with Gasteiger partial charge in [-0.15, -0.1) is 0 Å². The first kappa shape index (κ1) is 71.0. The zero-order valence-corrected chi connectivity index (χ0v) is 41.5. The van der Waals surface area contributed by atoms with E-state index in [0.29, 0.717) is 52.5 Å². The van der Waals surface area contributed by atoms with E-state index >= 15 is 0 Å². The summed E-state index contributed by atoms with van der Waals surface area (Å²) in [5, 5.41) is 17.2. The highest BCUT2D eigenvalue weighted by Gasteiger charge is 2.09. The topological polar surface area (TPSA) is 196 Å². The van der Waals surface area contributed by atoms with E-state index in [-0.39, 0.29) is 43.8 Å². The average Bonchev–Trinajstić information content (AvgIpc) is 3.29. The second kappa shape index (κ2) is 70.1. The number of rotatable bonds is 37. The molecule has 0 aromatic rings. The van der Waals surface area contributed by atoms with Crippen molar-refractivity contribution >= 4 is 37.0 Å². The molecule has 1 atom stereocenters. The molecule has 1 aliphatic carbocycles. The van der Waals surface area contributed by atoms with Gasteiger partial charge in [-0.3, -0.25) is 19.7 Å². The summed E-state index contributed by atoms with van der Waals surface area (Å²) in [5.41, 5.74) is 0. The summed E-state index contributed by atoms with van der Waals surface area (Å²) >= 11 is 0. The standard InChI is InChI=1S/C18H35N3O8.C18H34O2.C5H10.3C2H6.CH2O/c1-15(22)13-28-11-9-27-8-6-21-18(25)14-29-12-10-26-7-5-20-17(24)4-3-16(23)19-2;19-17-15-13-11-9-7-5-3-1-2-4-6-8-10-12-14-16-18-20;1-5-3-2-4-5;4*1-2/h16,19,23H,3-14H2,1-2H3,(H,20,24)(H,21,25);17-18H,1-16H2;5H,2-4H2,1H3;3*1-2H3;1H2/t16-;;;;;;/m1....../s1. The van der Waals surface area contributed by atoms with Gasteiger partial charge in [0.15, 0.2) is 5.78 Å². The molecule has 2 amide bonds. The highest BCUT2D eigenvalue weighted by atomic mass is 16.5. The van der Waals surface area contributed by atoms with E-state index in [1.165, 1.54) is 103 Å². The molecule has 0 aromatic heterocycles. The van der Waals surface area contributed by atoms with Crippen LogP contribution in [0, 0.1) is 5.92 Å². The van der Waals surface area contributed by atoms with Gasteiger partial charge in [0, 0.05) is 32.4 Å². The zero-order valence-electron chi connectivity index (χ0n) is 41.5. The van der Waals surface area contributed by atoms with Gasteiger partial charge in [0.1, 0.15) is 38.8 Å². The lowest BCUT2D eigenvalue weighted by Gasteiger charge is -2.18. The SMILES string of the molecule is C=O.CC.CC.CC.CC1CCC1.CN[C@H](O)CCC(=O)NCCOCCOCC(=O)NCCOCCOCC(C)=O.O=CCCCCCCCCCCCCCCCCC=O. The van der Waals surface area contributed by atoms with Crippen molar-refractivity contribution in [2.45, 2.75) is 196 Å². The third-order valence-electron chi connectivity index (χ3n) is 8.69. The fourth-order valence-electron chi connectivity index (χ4n) is 5.09. The third-order valence-corrected chi connectivity index (χ3v) is 8.69. The van der Waals surface area contributed by atoms with Crippen LogP contribution >= 0.6 is 0 Å². The first-order valence-electron chi connectivity index (χ1n) is 24.1. The predicted octanol–water partition coefficient (Wildman–Crippen LogP) is 8.52. The fourth-order valence-corrected chi connectivity index (χ4v) is 5.09. The van der Waals surface area contributed by atoms with Crippen LogP contribution in [0.15, 0.2) is 0 Å². The minimum atomic E-state index is -0.683. The van der Waals surface area contributed by atoms with Crippen molar-refractivity contribution < 1.29 is 52.8 Å². The minimum absolute atomic E-state index is 0.0354. The number of aliphatic hydroxyl groups excluding tert-OH is 1. The number of hydrogen-bond acceptors (Lipinski definition) is 12. The Labute approximate surface area is 380 Å². The molecule has 0 heterocycles. The van der Waals surface area contributed by atoms with Gasteiger partial charge >= 0.3 is 0 Å². The van der Waals surface area contributed by atoms with Crippen LogP contribution in [0.4, 0.5) is 0 Å². The van der Waals surface area contributed by atoms with Crippen LogP contribution < -0.4 is 16.0 Å². The van der Waals surface area contributed by atoms with E-state index in [0.717, 1.165) is 44.2 Å². The Morgan fingerprint density at radius 3 is 1.26 bits per heavy atom. The van der Waals surface area contributed by atoms with E-state index in [1.54, 1.807) is 7.05 Å². The second-order valence-electron chi connectivity index (χ2n) is 14.0. The van der Waals surface area contributed by atoms with Crippen LogP contribution in [0.1, 0.15) is 190 Å². The monoisotopic (exact) mass is 894 g/mol. The molecule has 1 saturated carbocycles. The molecular formula is C48H99N3O11. The molecule has 0 bridgehead atoms. The lowest BCUT2D eigenvalue weighted by molar-refractivity contribution is -0.127. The Bertz CT molecular complexity index is 859. The average molecular weight is 894 g/mol. The molecule has 0 unspecified atom stereocenters. The van der Waals surface area contributed by atoms with Gasteiger partial charge in [-0.1, -0.05) is 145 Å². The van der Waals surface area contributed by atoms with Crippen molar-refractivity contribution in [2.24, 2.45) is 5.92 Å². The Kier molecular flexibility index (Phi) is 80.3. The Hall–Kier alpha value is -2.62. The Balaban J connectivity index is -0.000000204. The molecule has 0 saturated heterocycles. The molecule has 0 aromatic carbocycles. The van der Waals surface area contributed by atoms with Crippen LogP contribution in [0.2, 0.25) is 0 Å². The van der Waals surface area contributed by atoms with E-state index in [1.807, 2.05) is 48.3 Å². The summed E-state index contributed by atoms with van der Waals surface area (Å²) in [7, 11) is 1.62. The maximum Gasteiger partial charge on any atom is 0.246 e. The minimum Gasteiger partial charge on any atom is -0.379 e. The number of Topliss-reactive ketones (excluding diaryl/α,β-unsaturated/α-hetero) is 1. The second-order valence-corrected chi connectivity index (χ2v) is 14.0. The van der Waals surface area contributed by atoms with E-state index in [4.69, 9.17) is 23.7 Å². The van der Waals surface area contributed by atoms with Crippen LogP contribution in [0.25, 0.3) is 0 Å². The summed E-state index contributed by atoms with van der Waals surface area (Å²) in [6, 6.07) is 0. The van der Waals surface area contributed by atoms with Gasteiger partial charge in [-0.25, -0.2) is 0 Å². The zero-order chi connectivity index (χ0) is 48.2. The molecule has 1 rings (SSSR count). The maximum absolute atomic E-state index is 11.5. The summed E-state index contributed by atoms with van der Waals surface area (Å²) in [6.45, 7) is 20.4. The van der Waals surface area contributed by atoms with Crippen LogP contribution in [0.5, 0.6) is 0 Å². The summed E-state index contributed by atoms with van der Waals surface area (Å²) in [5.74, 6) is 0.627. The quantitative estimate of drug-likeness (QED) is 0.0264. The van der Waals surface area contributed by atoms with Crippen molar-refractivity contribution in [3.8, 4) is 0 Å². The fraction of sp³-hybridized carbons (Fsp3) is 0.875. The number of carbonyl (C=O) groups is 6. The highest BCUT2D eigenvalue weighted by molar-refractivity contribution is 5.77. The molecule has 14 heteroatoms. The third kappa shape index (κ3) is 74.8. The van der Waals surface area contributed by atoms with Crippen molar-refractivity contribution in [2.75, 3.05) is 73.0 Å². The number of aldehydes is 2. The van der Waals surface area contributed by atoms with Crippen molar-refractivity contribution in [1.82, 2.24) is 16.0 Å². The van der Waals surface area contributed by atoms with Crippen LogP contribution in [-0.2, 0) is 47.7 Å². The number of carbonyl (C=O) groups excluding carboxylic acids is 6. The molecule has 372 valence electrons. The van der Waals surface area contributed by atoms with Gasteiger partial charge in [0.2, 0.25) is 11.8 Å². The van der Waals surface area contributed by atoms with E-state index in [9.17, 15) is 29.1 Å². The maximum atomic E-state index is 11.5. The summed E-state index contributed by atoms with van der Waals surface area (Å²) < 4.78 is 20.7. The Morgan fingerprint density at radius 1 is 0.597 bits per heavy atom. The molecule has 0 spiro atoms. The van der Waals surface area contributed by atoms with Crippen molar-refractivity contribution in [3.05, 3.63) is 0 Å². The number of ketones is 1. The normalized spacial score (nSPS) is 11.4. The molecule has 1 fully saturated rings. The van der Waals surface area contributed by atoms with Crippen LogP contribution in [-0.4, -0.2) is 121 Å². The molecule has 4 N–H and O–H groups in total. The van der Waals surface area contributed by atoms with Crippen LogP contribution in [0.3, 0.4) is 0 Å². The van der Waals surface area contributed by atoms with Crippen molar-refractivity contribution in [1.29, 1.82) is 0 Å². The van der Waals surface area contributed by atoms with Gasteiger partial charge in [-0.2, -0.15) is 0 Å². The number of amides is 2. The largest absolute Gasteiger partial charge is 0.379 e. The summed E-state index contributed by atoms with van der Waals surface area (Å²) in [4.78, 5) is 61.9. The lowest BCUT2D eigenvalue weighted by Crippen LogP contribution is -2.32. The number of ether oxygens (including phenoxy) is 4. The van der Waals surface area contributed by atoms with Gasteiger partial charge in [0.05, 0.1) is 39.6 Å². The summed E-state index contributed by atoms with van der Waals surface area (Å²) in [6.07, 6.45) is 26.1. The first-order valence-corrected chi connectivity index (χ1v) is 24.1. The van der Waals surface area contributed by atoms with E-state index in [2.05, 4.69) is 22.9 Å². The number of nitrogens with one attached hydrogen (secondary N) is 3. The lowest BCUT2D eigenvalue weighted by atomic mass is 9.88. The number of unbranched alkanes of at least 4 members (excludes halogenated alkanes) is 15. The van der Waals surface area contributed by atoms with Gasteiger partial charge in [0.25, 0.3) is 0 Å². The molecule has 1 aliphatic rings. The molecule has 0 aliphatic heterocycles. The van der Waals surface area contributed by atoms with Gasteiger partial charge < -0.3 is 49.1 Å². The smallest absolute Gasteiger partial charge is 0.246 e. The highest BCUT2D eigenvalue weighted by Crippen LogP contribution is 2.24. The molecule has 0 radical (unpaired) electrons. The molecule has 14 nitrogen and oxygen atoms in total. The van der Waals surface area contributed by atoms with E-state index < -0.39 is 6.23 Å². The first-order chi connectivity index (χ1) is 30.3. The number of aliphatic hydroxyl groups is 1. The van der Waals surface area contributed by atoms with Gasteiger partial charge in [-0.05, 0) is 39.2 Å². The molecule has 62 heavy (non-hydrogen) atoms. The Morgan fingerprint density at radius 2 is 0.935 bits per heavy atom. The van der Waals surface area contributed by atoms with Crippen molar-refractivity contribution in [3.63, 3.8) is 0 Å². The number of hydrogen-bond donors (Lipinski definition) is 4.